The lowest BCUT2D eigenvalue weighted by Gasteiger charge is -2.10. The summed E-state index contributed by atoms with van der Waals surface area (Å²) in [5, 5.41) is 7.00. The van der Waals surface area contributed by atoms with Gasteiger partial charge in [0.2, 0.25) is 0 Å². The van der Waals surface area contributed by atoms with Crippen LogP contribution in [0.5, 0.6) is 5.75 Å². The van der Waals surface area contributed by atoms with E-state index in [1.807, 2.05) is 36.4 Å². The molecule has 128 valence electrons. The van der Waals surface area contributed by atoms with E-state index in [4.69, 9.17) is 10.5 Å². The van der Waals surface area contributed by atoms with Crippen molar-refractivity contribution in [3.8, 4) is 17.0 Å². The summed E-state index contributed by atoms with van der Waals surface area (Å²) >= 11 is 0. The third-order valence-electron chi connectivity index (χ3n) is 3.88. The zero-order valence-electron chi connectivity index (χ0n) is 14.1. The van der Waals surface area contributed by atoms with Gasteiger partial charge in [0.25, 0.3) is 5.91 Å². The van der Waals surface area contributed by atoms with Crippen molar-refractivity contribution in [1.29, 1.82) is 0 Å². The van der Waals surface area contributed by atoms with E-state index < -0.39 is 0 Å². The minimum Gasteiger partial charge on any atom is -0.497 e. The molecule has 0 aliphatic carbocycles. The molecule has 2 aromatic heterocycles. The molecule has 7 heteroatoms. The van der Waals surface area contributed by atoms with E-state index in [0.717, 1.165) is 16.9 Å². The number of benzene rings is 1. The Morgan fingerprint density at radius 3 is 2.48 bits per heavy atom. The second-order valence-corrected chi connectivity index (χ2v) is 5.43. The van der Waals surface area contributed by atoms with Gasteiger partial charge in [-0.05, 0) is 29.8 Å². The Balaban J connectivity index is 2.08. The monoisotopic (exact) mass is 337 g/mol. The largest absolute Gasteiger partial charge is 0.497 e. The van der Waals surface area contributed by atoms with Gasteiger partial charge >= 0.3 is 0 Å². The Morgan fingerprint density at radius 2 is 1.88 bits per heavy atom. The number of aromatic nitrogens is 3. The lowest BCUT2D eigenvalue weighted by molar-refractivity contribution is 0.0964. The van der Waals surface area contributed by atoms with Crippen molar-refractivity contribution >= 4 is 11.7 Å². The minimum atomic E-state index is -0.273. The number of anilines is 1. The highest BCUT2D eigenvalue weighted by atomic mass is 16.5. The Kier molecular flexibility index (Phi) is 4.65. The van der Waals surface area contributed by atoms with Crippen LogP contribution in [0.3, 0.4) is 0 Å². The molecule has 0 saturated heterocycles. The van der Waals surface area contributed by atoms with Crippen LogP contribution in [0.4, 0.5) is 5.82 Å². The summed E-state index contributed by atoms with van der Waals surface area (Å²) in [7, 11) is 3.19. The molecule has 3 aromatic rings. The van der Waals surface area contributed by atoms with Gasteiger partial charge in [-0.1, -0.05) is 12.1 Å². The standard InChI is InChI=1S/C18H19N5O2/c1-20-18(24)15-16(13-7-9-21-10-8-13)23(22-17(15)19)11-12-3-5-14(25-2)6-4-12/h3-10H,11H2,1-2H3,(H2,19,22)(H,20,24). The number of carbonyl (C=O) groups excluding carboxylic acids is 1. The maximum absolute atomic E-state index is 12.3. The third kappa shape index (κ3) is 3.30. The Labute approximate surface area is 145 Å². The van der Waals surface area contributed by atoms with E-state index in [1.165, 1.54) is 0 Å². The summed E-state index contributed by atoms with van der Waals surface area (Å²) < 4.78 is 6.91. The van der Waals surface area contributed by atoms with Crippen LogP contribution in [-0.4, -0.2) is 34.8 Å². The van der Waals surface area contributed by atoms with Crippen molar-refractivity contribution in [2.24, 2.45) is 0 Å². The number of nitrogens with one attached hydrogen (secondary N) is 1. The van der Waals surface area contributed by atoms with Gasteiger partial charge < -0.3 is 15.8 Å². The van der Waals surface area contributed by atoms with Crippen LogP contribution >= 0.6 is 0 Å². The quantitative estimate of drug-likeness (QED) is 0.742. The first-order valence-corrected chi connectivity index (χ1v) is 7.75. The van der Waals surface area contributed by atoms with E-state index in [9.17, 15) is 4.79 Å². The molecule has 0 atom stereocenters. The van der Waals surface area contributed by atoms with Gasteiger partial charge in [-0.3, -0.25) is 14.5 Å². The fourth-order valence-electron chi connectivity index (χ4n) is 2.65. The van der Waals surface area contributed by atoms with Crippen LogP contribution in [0.2, 0.25) is 0 Å². The topological polar surface area (TPSA) is 95.1 Å². The van der Waals surface area contributed by atoms with Gasteiger partial charge in [-0.25, -0.2) is 0 Å². The lowest BCUT2D eigenvalue weighted by Crippen LogP contribution is -2.19. The van der Waals surface area contributed by atoms with Crippen LogP contribution in [0.25, 0.3) is 11.3 Å². The third-order valence-corrected chi connectivity index (χ3v) is 3.88. The molecule has 0 aliphatic heterocycles. The molecule has 0 saturated carbocycles. The van der Waals surface area contributed by atoms with Gasteiger partial charge in [-0.2, -0.15) is 5.10 Å². The summed E-state index contributed by atoms with van der Waals surface area (Å²) in [5.74, 6) is 0.703. The highest BCUT2D eigenvalue weighted by Crippen LogP contribution is 2.28. The van der Waals surface area contributed by atoms with Gasteiger partial charge in [0.05, 0.1) is 19.3 Å². The molecule has 3 rings (SSSR count). The SMILES string of the molecule is CNC(=O)c1c(N)nn(Cc2ccc(OC)cc2)c1-c1ccncc1. The summed E-state index contributed by atoms with van der Waals surface area (Å²) in [6.45, 7) is 0.475. The number of nitrogens with zero attached hydrogens (tertiary/aromatic N) is 3. The van der Waals surface area contributed by atoms with Crippen molar-refractivity contribution in [1.82, 2.24) is 20.1 Å². The number of ether oxygens (including phenoxy) is 1. The normalized spacial score (nSPS) is 10.5. The first-order valence-electron chi connectivity index (χ1n) is 7.75. The molecule has 0 bridgehead atoms. The number of rotatable bonds is 5. The minimum absolute atomic E-state index is 0.194. The first-order chi connectivity index (χ1) is 12.1. The average Bonchev–Trinajstić information content (AvgIpc) is 2.98. The highest BCUT2D eigenvalue weighted by Gasteiger charge is 2.23. The lowest BCUT2D eigenvalue weighted by atomic mass is 10.1. The van der Waals surface area contributed by atoms with E-state index in [2.05, 4.69) is 15.4 Å². The molecule has 1 amide bonds. The molecule has 0 fully saturated rings. The predicted octanol–water partition coefficient (Wildman–Crippen LogP) is 1.94. The number of amides is 1. The van der Waals surface area contributed by atoms with Crippen molar-refractivity contribution in [3.63, 3.8) is 0 Å². The van der Waals surface area contributed by atoms with Gasteiger partial charge in [0.15, 0.2) is 5.82 Å². The van der Waals surface area contributed by atoms with Crippen LogP contribution in [0.1, 0.15) is 15.9 Å². The molecule has 7 nitrogen and oxygen atoms in total. The smallest absolute Gasteiger partial charge is 0.257 e. The summed E-state index contributed by atoms with van der Waals surface area (Å²) in [6, 6.07) is 11.3. The average molecular weight is 337 g/mol. The number of methoxy groups -OCH3 is 1. The maximum atomic E-state index is 12.3. The molecule has 1 aromatic carbocycles. The molecule has 0 unspecified atom stereocenters. The summed E-state index contributed by atoms with van der Waals surface area (Å²) in [6.07, 6.45) is 3.34. The number of hydrogen-bond acceptors (Lipinski definition) is 5. The fraction of sp³-hybridized carbons (Fsp3) is 0.167. The number of carbonyl (C=O) groups is 1. The zero-order valence-corrected chi connectivity index (χ0v) is 14.1. The van der Waals surface area contributed by atoms with E-state index in [0.29, 0.717) is 17.8 Å². The second kappa shape index (κ2) is 7.04. The highest BCUT2D eigenvalue weighted by molar-refractivity contribution is 6.04. The second-order valence-electron chi connectivity index (χ2n) is 5.43. The molecule has 3 N–H and O–H groups in total. The van der Waals surface area contributed by atoms with Crippen molar-refractivity contribution in [3.05, 3.63) is 59.9 Å². The van der Waals surface area contributed by atoms with Crippen LogP contribution < -0.4 is 15.8 Å². The van der Waals surface area contributed by atoms with Crippen molar-refractivity contribution < 1.29 is 9.53 Å². The summed E-state index contributed by atoms with van der Waals surface area (Å²) in [5.41, 5.74) is 8.89. The predicted molar refractivity (Wildman–Crippen MR) is 95.4 cm³/mol. The van der Waals surface area contributed by atoms with Crippen LogP contribution in [0, 0.1) is 0 Å². The van der Waals surface area contributed by atoms with Crippen molar-refractivity contribution in [2.45, 2.75) is 6.54 Å². The number of hydrogen-bond donors (Lipinski definition) is 2. The Hall–Kier alpha value is -3.35. The van der Waals surface area contributed by atoms with Crippen molar-refractivity contribution in [2.75, 3.05) is 19.9 Å². The number of pyridine rings is 1. The van der Waals surface area contributed by atoms with E-state index >= 15 is 0 Å². The molecular formula is C18H19N5O2. The van der Waals surface area contributed by atoms with Gasteiger partial charge in [0, 0.05) is 25.0 Å². The number of nitrogens with two attached hydrogens (primary N) is 1. The molecule has 0 spiro atoms. The Bertz CT molecular complexity index is 872. The van der Waals surface area contributed by atoms with Gasteiger partial charge in [0.1, 0.15) is 11.3 Å². The molecule has 0 aliphatic rings. The molecule has 2 heterocycles. The summed E-state index contributed by atoms with van der Waals surface area (Å²) in [4.78, 5) is 16.3. The number of nitrogen functional groups attached to an aromatic ring is 1. The maximum Gasteiger partial charge on any atom is 0.257 e. The Morgan fingerprint density at radius 1 is 1.20 bits per heavy atom. The first kappa shape index (κ1) is 16.5. The van der Waals surface area contributed by atoms with Crippen LogP contribution in [-0.2, 0) is 6.54 Å². The van der Waals surface area contributed by atoms with E-state index in [1.54, 1.807) is 31.2 Å². The fourth-order valence-corrected chi connectivity index (χ4v) is 2.65. The molecular weight excluding hydrogens is 318 g/mol. The molecule has 0 radical (unpaired) electrons. The van der Waals surface area contributed by atoms with Gasteiger partial charge in [-0.15, -0.1) is 0 Å². The van der Waals surface area contributed by atoms with Crippen LogP contribution in [0.15, 0.2) is 48.8 Å². The van der Waals surface area contributed by atoms with E-state index in [-0.39, 0.29) is 11.7 Å². The molecule has 25 heavy (non-hydrogen) atoms. The zero-order chi connectivity index (χ0) is 17.8.